The van der Waals surface area contributed by atoms with Crippen molar-refractivity contribution in [2.75, 3.05) is 32.9 Å². The zero-order valence-electron chi connectivity index (χ0n) is 8.44. The van der Waals surface area contributed by atoms with Gasteiger partial charge in [0.05, 0.1) is 0 Å². The molecule has 0 amide bonds. The molecule has 0 fully saturated rings. The molecule has 0 aliphatic heterocycles. The third kappa shape index (κ3) is 6.55. The van der Waals surface area contributed by atoms with Crippen LogP contribution in [0.1, 0.15) is 20.8 Å². The summed E-state index contributed by atoms with van der Waals surface area (Å²) in [5.74, 6) is 0. The minimum atomic E-state index is -0.241. The molecule has 0 radical (unpaired) electrons. The van der Waals surface area contributed by atoms with Crippen molar-refractivity contribution in [3.05, 3.63) is 0 Å². The summed E-state index contributed by atoms with van der Waals surface area (Å²) in [5.41, 5.74) is 0. The van der Waals surface area contributed by atoms with Crippen LogP contribution in [-0.4, -0.2) is 43.8 Å². The fraction of sp³-hybridized carbons (Fsp3) is 1.00. The molecule has 0 aliphatic rings. The summed E-state index contributed by atoms with van der Waals surface area (Å²) in [5, 5.41) is 3.30. The number of rotatable bonds is 7. The van der Waals surface area contributed by atoms with Crippen molar-refractivity contribution >= 4 is 0 Å². The number of nitrogens with one attached hydrogen (secondary N) is 1. The molecule has 0 spiro atoms. The Morgan fingerprint density at radius 1 is 1.33 bits per heavy atom. The molecule has 0 aliphatic carbocycles. The van der Waals surface area contributed by atoms with E-state index >= 15 is 0 Å². The van der Waals surface area contributed by atoms with Crippen LogP contribution in [0.3, 0.4) is 0 Å². The molecule has 0 saturated carbocycles. The Morgan fingerprint density at radius 3 is 2.42 bits per heavy atom. The number of hydrogen-bond acceptors (Lipinski definition) is 2. The van der Waals surface area contributed by atoms with E-state index < -0.39 is 0 Å². The Balaban J connectivity index is 3.31. The first-order valence-corrected chi connectivity index (χ1v) is 4.72. The van der Waals surface area contributed by atoms with Gasteiger partial charge in [-0.1, -0.05) is 20.8 Å². The van der Waals surface area contributed by atoms with Gasteiger partial charge >= 0.3 is 0 Å². The van der Waals surface area contributed by atoms with Gasteiger partial charge in [-0.3, -0.25) is 4.90 Å². The fourth-order valence-corrected chi connectivity index (χ4v) is 1.06. The van der Waals surface area contributed by atoms with Gasteiger partial charge < -0.3 is 5.32 Å². The van der Waals surface area contributed by atoms with Crippen LogP contribution in [0.4, 0.5) is 4.39 Å². The largest absolute Gasteiger partial charge is 0.313 e. The van der Waals surface area contributed by atoms with Gasteiger partial charge in [-0.2, -0.15) is 0 Å². The van der Waals surface area contributed by atoms with E-state index in [4.69, 9.17) is 0 Å². The van der Waals surface area contributed by atoms with Gasteiger partial charge in [0.2, 0.25) is 0 Å². The highest BCUT2D eigenvalue weighted by atomic mass is 19.1. The van der Waals surface area contributed by atoms with Crippen molar-refractivity contribution in [1.29, 1.82) is 0 Å². The molecule has 0 aromatic rings. The summed E-state index contributed by atoms with van der Waals surface area (Å²) >= 11 is 0. The number of alkyl halides is 1. The van der Waals surface area contributed by atoms with Crippen molar-refractivity contribution in [1.82, 2.24) is 10.2 Å². The van der Waals surface area contributed by atoms with Crippen molar-refractivity contribution in [2.24, 2.45) is 0 Å². The smallest absolute Gasteiger partial charge is 0.102 e. The van der Waals surface area contributed by atoms with Crippen molar-refractivity contribution in [3.8, 4) is 0 Å². The molecule has 0 bridgehead atoms. The van der Waals surface area contributed by atoms with Crippen molar-refractivity contribution < 1.29 is 4.39 Å². The van der Waals surface area contributed by atoms with Gasteiger partial charge in [0.25, 0.3) is 0 Å². The van der Waals surface area contributed by atoms with E-state index in [-0.39, 0.29) is 6.67 Å². The summed E-state index contributed by atoms with van der Waals surface area (Å²) in [6.45, 7) is 9.45. The van der Waals surface area contributed by atoms with Crippen LogP contribution in [0.2, 0.25) is 0 Å². The summed E-state index contributed by atoms with van der Waals surface area (Å²) in [6.07, 6.45) is 0. The van der Waals surface area contributed by atoms with Crippen LogP contribution in [0.25, 0.3) is 0 Å². The van der Waals surface area contributed by atoms with Crippen LogP contribution in [0.5, 0.6) is 0 Å². The highest BCUT2D eigenvalue weighted by Gasteiger charge is 2.00. The molecule has 0 aromatic carbocycles. The minimum absolute atomic E-state index is 0.241. The Bertz CT molecular complexity index is 96.5. The first kappa shape index (κ1) is 11.8. The molecule has 0 aromatic heterocycles. The van der Waals surface area contributed by atoms with Crippen LogP contribution in [0.15, 0.2) is 0 Å². The summed E-state index contributed by atoms with van der Waals surface area (Å²) in [6, 6.07) is 0.522. The lowest BCUT2D eigenvalue weighted by atomic mass is 10.4. The van der Waals surface area contributed by atoms with Gasteiger partial charge in [0, 0.05) is 25.7 Å². The molecule has 12 heavy (non-hydrogen) atoms. The van der Waals surface area contributed by atoms with Gasteiger partial charge in [-0.05, 0) is 6.54 Å². The van der Waals surface area contributed by atoms with Gasteiger partial charge in [-0.15, -0.1) is 0 Å². The lowest BCUT2D eigenvalue weighted by Gasteiger charge is -2.19. The van der Waals surface area contributed by atoms with E-state index in [2.05, 4.69) is 31.0 Å². The Hall–Kier alpha value is -0.150. The van der Waals surface area contributed by atoms with Crippen molar-refractivity contribution in [3.63, 3.8) is 0 Å². The second-order valence-electron chi connectivity index (χ2n) is 3.23. The van der Waals surface area contributed by atoms with E-state index in [1.54, 1.807) is 0 Å². The zero-order valence-corrected chi connectivity index (χ0v) is 8.44. The Morgan fingerprint density at radius 2 is 2.00 bits per heavy atom. The minimum Gasteiger partial charge on any atom is -0.313 e. The molecule has 0 unspecified atom stereocenters. The van der Waals surface area contributed by atoms with Crippen LogP contribution in [0, 0.1) is 0 Å². The fourth-order valence-electron chi connectivity index (χ4n) is 1.06. The first-order valence-electron chi connectivity index (χ1n) is 4.72. The standard InChI is InChI=1S/C9H21FN2/c1-4-12(7-5-10)8-6-11-9(2)3/h9,11H,4-8H2,1-3H3. The summed E-state index contributed by atoms with van der Waals surface area (Å²) < 4.78 is 12.0. The van der Waals surface area contributed by atoms with E-state index in [1.807, 2.05) is 0 Å². The van der Waals surface area contributed by atoms with Crippen LogP contribution < -0.4 is 5.32 Å². The monoisotopic (exact) mass is 176 g/mol. The highest BCUT2D eigenvalue weighted by Crippen LogP contribution is 1.87. The van der Waals surface area contributed by atoms with Gasteiger partial charge in [0.15, 0.2) is 0 Å². The Labute approximate surface area is 75.1 Å². The molecular formula is C9H21FN2. The zero-order chi connectivity index (χ0) is 9.40. The lowest BCUT2D eigenvalue weighted by Crippen LogP contribution is -2.35. The molecule has 3 heteroatoms. The van der Waals surface area contributed by atoms with E-state index in [9.17, 15) is 4.39 Å². The van der Waals surface area contributed by atoms with Crippen LogP contribution >= 0.6 is 0 Å². The normalized spacial score (nSPS) is 11.5. The average Bonchev–Trinajstić information content (AvgIpc) is 2.02. The topological polar surface area (TPSA) is 15.3 Å². The maximum absolute atomic E-state index is 12.0. The quantitative estimate of drug-likeness (QED) is 0.628. The van der Waals surface area contributed by atoms with E-state index in [0.717, 1.165) is 19.6 Å². The molecule has 0 saturated heterocycles. The van der Waals surface area contributed by atoms with E-state index in [1.165, 1.54) is 0 Å². The number of nitrogens with zero attached hydrogens (tertiary/aromatic N) is 1. The average molecular weight is 176 g/mol. The maximum atomic E-state index is 12.0. The van der Waals surface area contributed by atoms with Crippen LogP contribution in [-0.2, 0) is 0 Å². The SMILES string of the molecule is CCN(CCF)CCNC(C)C. The first-order chi connectivity index (χ1) is 5.70. The third-order valence-electron chi connectivity index (χ3n) is 1.83. The molecule has 0 heterocycles. The number of likely N-dealkylation sites (N-methyl/N-ethyl adjacent to an activating group) is 1. The second kappa shape index (κ2) is 7.50. The summed E-state index contributed by atoms with van der Waals surface area (Å²) in [4.78, 5) is 2.11. The molecule has 2 nitrogen and oxygen atoms in total. The molecule has 74 valence electrons. The van der Waals surface area contributed by atoms with Crippen molar-refractivity contribution in [2.45, 2.75) is 26.8 Å². The molecule has 0 atom stereocenters. The number of halogens is 1. The van der Waals surface area contributed by atoms with Gasteiger partial charge in [0.1, 0.15) is 6.67 Å². The molecular weight excluding hydrogens is 155 g/mol. The number of hydrogen-bond donors (Lipinski definition) is 1. The highest BCUT2D eigenvalue weighted by molar-refractivity contribution is 4.59. The second-order valence-corrected chi connectivity index (χ2v) is 3.23. The molecule has 0 rings (SSSR count). The lowest BCUT2D eigenvalue weighted by molar-refractivity contribution is 0.257. The predicted molar refractivity (Wildman–Crippen MR) is 51.2 cm³/mol. The molecule has 1 N–H and O–H groups in total. The third-order valence-corrected chi connectivity index (χ3v) is 1.83. The van der Waals surface area contributed by atoms with Gasteiger partial charge in [-0.25, -0.2) is 4.39 Å². The summed E-state index contributed by atoms with van der Waals surface area (Å²) in [7, 11) is 0. The van der Waals surface area contributed by atoms with E-state index in [0.29, 0.717) is 12.6 Å². The maximum Gasteiger partial charge on any atom is 0.102 e. The Kier molecular flexibility index (Phi) is 7.40. The predicted octanol–water partition coefficient (Wildman–Crippen LogP) is 1.28.